The van der Waals surface area contributed by atoms with Crippen LogP contribution in [0.5, 0.6) is 0 Å². The Balaban J connectivity index is 0.00000243. The van der Waals surface area contributed by atoms with Crippen molar-refractivity contribution in [3.63, 3.8) is 0 Å². The molecule has 1 aliphatic heterocycles. The van der Waals surface area contributed by atoms with E-state index in [0.29, 0.717) is 19.0 Å². The van der Waals surface area contributed by atoms with Crippen molar-refractivity contribution in [2.45, 2.75) is 32.7 Å². The summed E-state index contributed by atoms with van der Waals surface area (Å²) in [6, 6.07) is 12.9. The number of halogens is 2. The van der Waals surface area contributed by atoms with Gasteiger partial charge >= 0.3 is 0 Å². The molecule has 1 atom stereocenters. The van der Waals surface area contributed by atoms with Gasteiger partial charge in [-0.2, -0.15) is 0 Å². The third kappa shape index (κ3) is 4.43. The zero-order chi connectivity index (χ0) is 18.0. The number of carbonyl (C=O) groups excluding carboxylic acids is 1. The van der Waals surface area contributed by atoms with Crippen LogP contribution in [-0.4, -0.2) is 29.9 Å². The summed E-state index contributed by atoms with van der Waals surface area (Å²) < 4.78 is 14.6. The van der Waals surface area contributed by atoms with Crippen LogP contribution in [-0.2, 0) is 0 Å². The van der Waals surface area contributed by atoms with Crippen LogP contribution in [0.3, 0.4) is 0 Å². The molecule has 0 bridgehead atoms. The van der Waals surface area contributed by atoms with Crippen LogP contribution in [0.25, 0.3) is 11.1 Å². The van der Waals surface area contributed by atoms with Crippen LogP contribution >= 0.6 is 12.4 Å². The number of hydrogen-bond donors (Lipinski definition) is 1. The molecule has 1 fully saturated rings. The number of nitrogens with two attached hydrogens (primary N) is 1. The predicted molar refractivity (Wildman–Crippen MR) is 106 cm³/mol. The van der Waals surface area contributed by atoms with E-state index in [2.05, 4.69) is 0 Å². The molecule has 3 rings (SSSR count). The van der Waals surface area contributed by atoms with Gasteiger partial charge in [-0.15, -0.1) is 12.4 Å². The van der Waals surface area contributed by atoms with Gasteiger partial charge in [0, 0.05) is 19.1 Å². The van der Waals surface area contributed by atoms with Crippen molar-refractivity contribution in [2.24, 2.45) is 11.7 Å². The Morgan fingerprint density at radius 2 is 1.69 bits per heavy atom. The van der Waals surface area contributed by atoms with E-state index >= 15 is 0 Å². The monoisotopic (exact) mass is 376 g/mol. The molecule has 1 heterocycles. The number of benzene rings is 2. The number of aryl methyl sites for hydroxylation is 1. The summed E-state index contributed by atoms with van der Waals surface area (Å²) in [5.74, 6) is -0.244. The van der Waals surface area contributed by atoms with Gasteiger partial charge in [0.05, 0.1) is 5.56 Å². The highest BCUT2D eigenvalue weighted by molar-refractivity contribution is 5.95. The first kappa shape index (κ1) is 20.4. The second kappa shape index (κ2) is 8.65. The van der Waals surface area contributed by atoms with Gasteiger partial charge in [-0.25, -0.2) is 4.39 Å². The fourth-order valence-corrected chi connectivity index (χ4v) is 3.41. The second-order valence-corrected chi connectivity index (χ2v) is 7.05. The number of amides is 1. The van der Waals surface area contributed by atoms with Crippen molar-refractivity contribution >= 4 is 18.3 Å². The molecular formula is C21H26ClFN2O. The molecule has 1 saturated heterocycles. The molecule has 1 unspecified atom stereocenters. The maximum atomic E-state index is 14.6. The molecule has 2 aromatic carbocycles. The van der Waals surface area contributed by atoms with E-state index in [1.807, 2.05) is 44.2 Å². The Bertz CT molecular complexity index is 753. The molecule has 26 heavy (non-hydrogen) atoms. The first-order chi connectivity index (χ1) is 12.0. The predicted octanol–water partition coefficient (Wildman–Crippen LogP) is 4.42. The number of piperidine rings is 1. The van der Waals surface area contributed by atoms with Gasteiger partial charge in [0.2, 0.25) is 0 Å². The number of hydrogen-bond acceptors (Lipinski definition) is 2. The molecule has 2 aromatic rings. The van der Waals surface area contributed by atoms with Gasteiger partial charge in [-0.3, -0.25) is 4.79 Å². The van der Waals surface area contributed by atoms with Gasteiger partial charge in [0.25, 0.3) is 5.91 Å². The fraction of sp³-hybridized carbons (Fsp3) is 0.381. The standard InChI is InChI=1S/C21H25FN2O.ClH/c1-14-3-5-17(6-4-14)18-7-8-19(20(22)13-18)21(25)24-11-9-16(10-12-24)15(2)23;/h3-8,13,15-16H,9-12,23H2,1-2H3;1H. The van der Waals surface area contributed by atoms with E-state index in [1.54, 1.807) is 11.0 Å². The summed E-state index contributed by atoms with van der Waals surface area (Å²) in [5.41, 5.74) is 8.98. The van der Waals surface area contributed by atoms with Crippen molar-refractivity contribution in [1.29, 1.82) is 0 Å². The molecule has 0 aliphatic carbocycles. The lowest BCUT2D eigenvalue weighted by Gasteiger charge is -2.33. The van der Waals surface area contributed by atoms with Crippen molar-refractivity contribution in [1.82, 2.24) is 4.90 Å². The van der Waals surface area contributed by atoms with Crippen LogP contribution in [0.4, 0.5) is 4.39 Å². The SMILES string of the molecule is Cc1ccc(-c2ccc(C(=O)N3CCC(C(C)N)CC3)c(F)c2)cc1.Cl. The molecule has 5 heteroatoms. The zero-order valence-corrected chi connectivity index (χ0v) is 16.1. The van der Waals surface area contributed by atoms with E-state index in [0.717, 1.165) is 29.5 Å². The largest absolute Gasteiger partial charge is 0.339 e. The van der Waals surface area contributed by atoms with Crippen LogP contribution in [0.1, 0.15) is 35.7 Å². The van der Waals surface area contributed by atoms with Crippen LogP contribution in [0, 0.1) is 18.7 Å². The third-order valence-corrected chi connectivity index (χ3v) is 5.15. The topological polar surface area (TPSA) is 46.3 Å². The molecule has 140 valence electrons. The molecule has 1 aliphatic rings. The minimum atomic E-state index is -0.461. The molecule has 1 amide bonds. The van der Waals surface area contributed by atoms with Gasteiger partial charge in [-0.1, -0.05) is 35.9 Å². The highest BCUT2D eigenvalue weighted by atomic mass is 35.5. The highest BCUT2D eigenvalue weighted by Gasteiger charge is 2.26. The normalized spacial score (nSPS) is 16.1. The van der Waals surface area contributed by atoms with E-state index in [9.17, 15) is 9.18 Å². The second-order valence-electron chi connectivity index (χ2n) is 7.05. The molecule has 3 nitrogen and oxygen atoms in total. The lowest BCUT2D eigenvalue weighted by molar-refractivity contribution is 0.0676. The smallest absolute Gasteiger partial charge is 0.256 e. The minimum absolute atomic E-state index is 0. The maximum absolute atomic E-state index is 14.6. The number of nitrogens with zero attached hydrogens (tertiary/aromatic N) is 1. The minimum Gasteiger partial charge on any atom is -0.339 e. The van der Waals surface area contributed by atoms with Crippen molar-refractivity contribution in [2.75, 3.05) is 13.1 Å². The molecule has 2 N–H and O–H groups in total. The Hall–Kier alpha value is -1.91. The fourth-order valence-electron chi connectivity index (χ4n) is 3.41. The van der Waals surface area contributed by atoms with Crippen LogP contribution in [0.2, 0.25) is 0 Å². The molecular weight excluding hydrogens is 351 g/mol. The Labute approximate surface area is 160 Å². The lowest BCUT2D eigenvalue weighted by Crippen LogP contribution is -2.42. The first-order valence-electron chi connectivity index (χ1n) is 8.87. The zero-order valence-electron chi connectivity index (χ0n) is 15.2. The average Bonchev–Trinajstić information content (AvgIpc) is 2.62. The van der Waals surface area contributed by atoms with Crippen molar-refractivity contribution in [3.8, 4) is 11.1 Å². The summed E-state index contributed by atoms with van der Waals surface area (Å²) in [4.78, 5) is 14.4. The van der Waals surface area contributed by atoms with Gasteiger partial charge in [0.1, 0.15) is 5.82 Å². The van der Waals surface area contributed by atoms with E-state index in [-0.39, 0.29) is 29.9 Å². The molecule has 0 saturated carbocycles. The van der Waals surface area contributed by atoms with Gasteiger partial charge < -0.3 is 10.6 Å². The summed E-state index contributed by atoms with van der Waals surface area (Å²) in [7, 11) is 0. The Kier molecular flexibility index (Phi) is 6.79. The summed E-state index contributed by atoms with van der Waals surface area (Å²) >= 11 is 0. The van der Waals surface area contributed by atoms with Crippen molar-refractivity contribution < 1.29 is 9.18 Å². The first-order valence-corrected chi connectivity index (χ1v) is 8.87. The summed E-state index contributed by atoms with van der Waals surface area (Å²) in [5, 5.41) is 0. The quantitative estimate of drug-likeness (QED) is 0.861. The Morgan fingerprint density at radius 1 is 1.12 bits per heavy atom. The maximum Gasteiger partial charge on any atom is 0.256 e. The molecule has 0 radical (unpaired) electrons. The number of rotatable bonds is 3. The molecule has 0 aromatic heterocycles. The lowest BCUT2D eigenvalue weighted by atomic mass is 9.90. The van der Waals surface area contributed by atoms with Crippen molar-refractivity contribution in [3.05, 3.63) is 59.4 Å². The highest BCUT2D eigenvalue weighted by Crippen LogP contribution is 2.25. The number of likely N-dealkylation sites (tertiary alicyclic amines) is 1. The average molecular weight is 377 g/mol. The van der Waals surface area contributed by atoms with E-state index < -0.39 is 5.82 Å². The molecule has 0 spiro atoms. The summed E-state index contributed by atoms with van der Waals surface area (Å²) in [6.45, 7) is 5.31. The van der Waals surface area contributed by atoms with E-state index in [4.69, 9.17) is 5.73 Å². The van der Waals surface area contributed by atoms with E-state index in [1.165, 1.54) is 6.07 Å². The van der Waals surface area contributed by atoms with Crippen LogP contribution < -0.4 is 5.73 Å². The third-order valence-electron chi connectivity index (χ3n) is 5.15. The van der Waals surface area contributed by atoms with Crippen LogP contribution in [0.15, 0.2) is 42.5 Å². The summed E-state index contributed by atoms with van der Waals surface area (Å²) in [6.07, 6.45) is 1.76. The van der Waals surface area contributed by atoms with Gasteiger partial charge in [0.15, 0.2) is 0 Å². The van der Waals surface area contributed by atoms with Gasteiger partial charge in [-0.05, 0) is 55.9 Å². The number of carbonyl (C=O) groups is 1. The Morgan fingerprint density at radius 3 is 2.23 bits per heavy atom.